The largest absolute Gasteiger partial charge is 1.00 e. The summed E-state index contributed by atoms with van der Waals surface area (Å²) in [6.45, 7) is 0. The Kier molecular flexibility index (Phi) is 6.53. The summed E-state index contributed by atoms with van der Waals surface area (Å²) in [4.78, 5) is 30.9. The number of rotatable bonds is 0. The molecule has 1 aliphatic heterocycles. The number of barbiturate groups is 1. The molecule has 0 bridgehead atoms. The number of hydrogen-bond acceptors (Lipinski definition) is 3. The van der Waals surface area contributed by atoms with Gasteiger partial charge in [0.15, 0.2) is 0 Å². The number of primary amides is 2. The number of nitrogens with two attached hydrogens (primary N) is 1. The van der Waals surface area contributed by atoms with E-state index in [0.29, 0.717) is 0 Å². The number of amides is 4. The van der Waals surface area contributed by atoms with E-state index >= 15 is 0 Å². The van der Waals surface area contributed by atoms with Crippen LogP contribution in [-0.2, 0) is 9.59 Å². The van der Waals surface area contributed by atoms with Crippen LogP contribution in [0.4, 0.5) is 4.79 Å². The lowest BCUT2D eigenvalue weighted by Crippen LogP contribution is -3.00. The Labute approximate surface area is 83.4 Å². The van der Waals surface area contributed by atoms with Crippen molar-refractivity contribution < 1.29 is 53.7 Å². The summed E-state index contributed by atoms with van der Waals surface area (Å²) < 4.78 is 0. The summed E-state index contributed by atoms with van der Waals surface area (Å²) in [5.41, 5.74) is 0. The Morgan fingerprint density at radius 3 is 2.09 bits per heavy atom. The minimum Gasteiger partial charge on any atom is -1.00 e. The van der Waals surface area contributed by atoms with E-state index in [4.69, 9.17) is 0 Å². The molecule has 64 valence electrons. The zero-order chi connectivity index (χ0) is 6.85. The van der Waals surface area contributed by atoms with Crippen molar-refractivity contribution in [3.63, 3.8) is 0 Å². The lowest BCUT2D eigenvalue weighted by molar-refractivity contribution is -0.472. The third-order valence-electron chi connectivity index (χ3n) is 0.889. The fourth-order valence-electron chi connectivity index (χ4n) is 0.573. The minimum absolute atomic E-state index is 0. The Balaban J connectivity index is 0. The molecule has 0 aromatic rings. The van der Waals surface area contributed by atoms with Gasteiger partial charge in [-0.2, -0.15) is 5.32 Å². The Morgan fingerprint density at radius 1 is 1.18 bits per heavy atom. The molecule has 5 nitrogen and oxygen atoms in total. The molecule has 1 rings (SSSR count). The molecule has 7 heteroatoms. The van der Waals surface area contributed by atoms with Crippen LogP contribution in [0.15, 0.2) is 0 Å². The highest BCUT2D eigenvalue weighted by molar-refractivity contribution is 6.05. The summed E-state index contributed by atoms with van der Waals surface area (Å²) in [6, 6.07) is -0.615. The summed E-state index contributed by atoms with van der Waals surface area (Å²) in [5, 5.41) is 2.83. The molecular formula is C4H5Br2N2O3-. The zero-order valence-corrected chi connectivity index (χ0v) is 8.44. The number of nitrogens with one attached hydrogen (secondary N) is 1. The molecule has 0 aromatic carbocycles. The van der Waals surface area contributed by atoms with Gasteiger partial charge in [-0.15, -0.1) is 0 Å². The van der Waals surface area contributed by atoms with E-state index < -0.39 is 17.8 Å². The van der Waals surface area contributed by atoms with Gasteiger partial charge in [-0.05, 0) is 0 Å². The van der Waals surface area contributed by atoms with E-state index in [1.807, 2.05) is 5.32 Å². The first-order valence-corrected chi connectivity index (χ1v) is 2.40. The van der Waals surface area contributed by atoms with Crippen LogP contribution >= 0.6 is 0 Å². The Hall–Kier alpha value is -0.270. The van der Waals surface area contributed by atoms with Crippen LogP contribution in [-0.4, -0.2) is 17.8 Å². The molecule has 0 aliphatic carbocycles. The van der Waals surface area contributed by atoms with Gasteiger partial charge in [0.25, 0.3) is 0 Å². The second-order valence-electron chi connectivity index (χ2n) is 1.70. The minimum atomic E-state index is -0.615. The normalized spacial score (nSPS) is 16.2. The van der Waals surface area contributed by atoms with Crippen LogP contribution < -0.4 is 44.6 Å². The average molecular weight is 289 g/mol. The van der Waals surface area contributed by atoms with Crippen molar-refractivity contribution in [2.24, 2.45) is 0 Å². The third kappa shape index (κ3) is 4.23. The van der Waals surface area contributed by atoms with Crippen LogP contribution in [0.25, 0.3) is 0 Å². The number of halogens is 2. The molecule has 0 unspecified atom stereocenters. The van der Waals surface area contributed by atoms with E-state index in [-0.39, 0.29) is 40.4 Å². The highest BCUT2D eigenvalue weighted by Gasteiger charge is 2.25. The first kappa shape index (κ1) is 13.3. The molecule has 0 spiro atoms. The zero-order valence-electron chi connectivity index (χ0n) is 5.27. The predicted octanol–water partition coefficient (Wildman–Crippen LogP) is -8.28. The van der Waals surface area contributed by atoms with Gasteiger partial charge in [-0.3, -0.25) is 4.79 Å². The monoisotopic (exact) mass is 287 g/mol. The van der Waals surface area contributed by atoms with Crippen molar-refractivity contribution in [3.05, 3.63) is 0 Å². The maximum Gasteiger partial charge on any atom is 0.427 e. The van der Waals surface area contributed by atoms with E-state index in [2.05, 4.69) is 0 Å². The fourth-order valence-corrected chi connectivity index (χ4v) is 0.573. The van der Waals surface area contributed by atoms with Crippen LogP contribution in [0.1, 0.15) is 6.42 Å². The second-order valence-corrected chi connectivity index (χ2v) is 1.70. The van der Waals surface area contributed by atoms with E-state index in [0.717, 1.165) is 5.32 Å². The van der Waals surface area contributed by atoms with Gasteiger partial charge in [0.2, 0.25) is 5.91 Å². The van der Waals surface area contributed by atoms with Crippen molar-refractivity contribution in [2.75, 3.05) is 0 Å². The number of urea groups is 1. The molecule has 1 aliphatic rings. The van der Waals surface area contributed by atoms with E-state index in [1.165, 1.54) is 0 Å². The Bertz CT molecular complexity index is 148. The summed E-state index contributed by atoms with van der Waals surface area (Å²) in [6.07, 6.45) is -0.203. The summed E-state index contributed by atoms with van der Waals surface area (Å²) >= 11 is 0. The maximum absolute atomic E-state index is 10.3. The molecule has 0 aromatic heterocycles. The van der Waals surface area contributed by atoms with Crippen molar-refractivity contribution >= 4 is 17.8 Å². The molecular weight excluding hydrogens is 284 g/mol. The lowest BCUT2D eigenvalue weighted by atomic mass is 10.3. The highest BCUT2D eigenvalue weighted by Crippen LogP contribution is 1.78. The van der Waals surface area contributed by atoms with Gasteiger partial charge >= 0.3 is 11.9 Å². The first-order chi connectivity index (χ1) is 4.18. The standard InChI is InChI=1S/C4H4N2O3.2BrH/c7-2-1-3(8)6-4(9)5-2;;/h1H2,(H2,5,6,7,8,9);2*1H/p-1. The fraction of sp³-hybridized carbons (Fsp3) is 0.250. The van der Waals surface area contributed by atoms with Gasteiger partial charge in [-0.25, -0.2) is 14.9 Å². The van der Waals surface area contributed by atoms with Crippen LogP contribution in [0.2, 0.25) is 0 Å². The number of carbonyl (C=O) groups excluding carboxylic acids is 3. The average Bonchev–Trinajstić information content (AvgIpc) is 1.59. The number of quaternary nitrogens is 1. The molecule has 4 amide bonds. The van der Waals surface area contributed by atoms with E-state index in [9.17, 15) is 14.4 Å². The maximum atomic E-state index is 10.3. The highest BCUT2D eigenvalue weighted by atomic mass is 79.9. The topological polar surface area (TPSA) is 79.8 Å². The van der Waals surface area contributed by atoms with Gasteiger partial charge < -0.3 is 34.0 Å². The molecule has 11 heavy (non-hydrogen) atoms. The van der Waals surface area contributed by atoms with Gasteiger partial charge in [0, 0.05) is 0 Å². The quantitative estimate of drug-likeness (QED) is 0.435. The molecule has 0 atom stereocenters. The second kappa shape index (κ2) is 5.39. The molecule has 1 fully saturated rings. The van der Waals surface area contributed by atoms with E-state index in [1.54, 1.807) is 0 Å². The molecule has 0 saturated carbocycles. The molecule has 1 saturated heterocycles. The van der Waals surface area contributed by atoms with Crippen molar-refractivity contribution in [2.45, 2.75) is 6.42 Å². The third-order valence-corrected chi connectivity index (χ3v) is 0.889. The van der Waals surface area contributed by atoms with Gasteiger partial charge in [0.1, 0.15) is 6.42 Å². The number of hydrogen-bond donors (Lipinski definition) is 2. The predicted molar refractivity (Wildman–Crippen MR) is 25.1 cm³/mol. The van der Waals surface area contributed by atoms with Crippen LogP contribution in [0, 0.1) is 0 Å². The molecule has 1 heterocycles. The van der Waals surface area contributed by atoms with Crippen molar-refractivity contribution in [1.82, 2.24) is 5.32 Å². The number of imide groups is 2. The van der Waals surface area contributed by atoms with Crippen LogP contribution in [0.5, 0.6) is 0 Å². The SMILES string of the molecule is O=C1CC(=O)[NH2+]C(=O)N1.[Br-].[Br-]. The van der Waals surface area contributed by atoms with Crippen molar-refractivity contribution in [3.8, 4) is 0 Å². The lowest BCUT2D eigenvalue weighted by Gasteiger charge is -2.03. The van der Waals surface area contributed by atoms with Gasteiger partial charge in [-0.1, -0.05) is 0 Å². The molecule has 0 radical (unpaired) electrons. The molecule has 3 N–H and O–H groups in total. The summed E-state index contributed by atoms with van der Waals surface area (Å²) in [7, 11) is 0. The first-order valence-electron chi connectivity index (χ1n) is 2.40. The van der Waals surface area contributed by atoms with Crippen molar-refractivity contribution in [1.29, 1.82) is 0 Å². The van der Waals surface area contributed by atoms with Crippen LogP contribution in [0.3, 0.4) is 0 Å². The Morgan fingerprint density at radius 2 is 1.73 bits per heavy atom. The smallest absolute Gasteiger partial charge is 0.427 e. The van der Waals surface area contributed by atoms with Gasteiger partial charge in [0.05, 0.1) is 0 Å². The summed E-state index contributed by atoms with van der Waals surface area (Å²) in [5.74, 6) is -0.948. The number of carbonyl (C=O) groups is 3.